The summed E-state index contributed by atoms with van der Waals surface area (Å²) in [4.78, 5) is 16.7. The van der Waals surface area contributed by atoms with Crippen LogP contribution < -0.4 is 4.74 Å². The number of aldehydes is 1. The molecule has 0 atom stereocenters. The Morgan fingerprint density at radius 2 is 2.20 bits per heavy atom. The van der Waals surface area contributed by atoms with Gasteiger partial charge in [-0.05, 0) is 26.0 Å². The number of nitrogens with zero attached hydrogens (tertiary/aromatic N) is 3. The first-order valence-corrected chi connectivity index (χ1v) is 7.09. The summed E-state index contributed by atoms with van der Waals surface area (Å²) in [6.07, 6.45) is 0.789. The molecule has 0 N–H and O–H groups in total. The van der Waals surface area contributed by atoms with Gasteiger partial charge in [-0.3, -0.25) is 4.79 Å². The van der Waals surface area contributed by atoms with Gasteiger partial charge >= 0.3 is 0 Å². The summed E-state index contributed by atoms with van der Waals surface area (Å²) in [5.41, 5.74) is 1.88. The maximum absolute atomic E-state index is 11.4. The van der Waals surface area contributed by atoms with Gasteiger partial charge in [-0.2, -0.15) is 9.61 Å². The standard InChI is InChI=1S/C14H13N3O2S/c1-3-19-12-7-5-4-6-10(12)13-11(8-18)17-14(15-13)20-9(2)16-17/h4-8H,3H2,1-2H3. The molecule has 0 unspecified atom stereocenters. The van der Waals surface area contributed by atoms with E-state index in [-0.39, 0.29) is 0 Å². The molecular weight excluding hydrogens is 274 g/mol. The number of rotatable bonds is 4. The van der Waals surface area contributed by atoms with E-state index in [0.717, 1.165) is 22.6 Å². The largest absolute Gasteiger partial charge is 0.493 e. The molecule has 0 aliphatic heterocycles. The fourth-order valence-electron chi connectivity index (χ4n) is 2.11. The van der Waals surface area contributed by atoms with Crippen molar-refractivity contribution in [1.29, 1.82) is 0 Å². The molecule has 3 aromatic rings. The molecule has 0 bridgehead atoms. The van der Waals surface area contributed by atoms with Gasteiger partial charge in [-0.25, -0.2) is 4.98 Å². The topological polar surface area (TPSA) is 56.5 Å². The predicted octanol–water partition coefficient (Wildman–Crippen LogP) is 2.98. The van der Waals surface area contributed by atoms with Gasteiger partial charge in [0.1, 0.15) is 22.1 Å². The number of hydrogen-bond acceptors (Lipinski definition) is 5. The lowest BCUT2D eigenvalue weighted by Gasteiger charge is -2.08. The summed E-state index contributed by atoms with van der Waals surface area (Å²) in [5.74, 6) is 0.723. The van der Waals surface area contributed by atoms with E-state index in [0.29, 0.717) is 23.0 Å². The fraction of sp³-hybridized carbons (Fsp3) is 0.214. The van der Waals surface area contributed by atoms with Crippen LogP contribution >= 0.6 is 11.3 Å². The van der Waals surface area contributed by atoms with Crippen LogP contribution in [0.5, 0.6) is 5.75 Å². The molecule has 1 aromatic carbocycles. The van der Waals surface area contributed by atoms with E-state index in [9.17, 15) is 4.79 Å². The van der Waals surface area contributed by atoms with Crippen molar-refractivity contribution in [3.8, 4) is 17.0 Å². The molecular formula is C14H13N3O2S. The van der Waals surface area contributed by atoms with Crippen molar-refractivity contribution in [2.75, 3.05) is 6.61 Å². The summed E-state index contributed by atoms with van der Waals surface area (Å²) in [6, 6.07) is 7.57. The highest BCUT2D eigenvalue weighted by Gasteiger charge is 2.19. The minimum absolute atomic E-state index is 0.455. The van der Waals surface area contributed by atoms with Gasteiger partial charge in [0, 0.05) is 5.56 Å². The Morgan fingerprint density at radius 3 is 2.95 bits per heavy atom. The Kier molecular flexibility index (Phi) is 3.23. The monoisotopic (exact) mass is 287 g/mol. The number of carbonyl (C=O) groups excluding carboxylic acids is 1. The first-order chi connectivity index (χ1) is 9.74. The molecule has 5 nitrogen and oxygen atoms in total. The van der Waals surface area contributed by atoms with Crippen LogP contribution in [-0.2, 0) is 0 Å². The number of ether oxygens (including phenoxy) is 1. The van der Waals surface area contributed by atoms with Crippen molar-refractivity contribution in [3.05, 3.63) is 35.0 Å². The summed E-state index contributed by atoms with van der Waals surface area (Å²) < 4.78 is 7.19. The molecule has 0 radical (unpaired) electrons. The minimum Gasteiger partial charge on any atom is -0.493 e. The van der Waals surface area contributed by atoms with Crippen LogP contribution in [0.15, 0.2) is 24.3 Å². The first-order valence-electron chi connectivity index (χ1n) is 6.28. The number of benzene rings is 1. The number of fused-ring (bicyclic) bond motifs is 1. The van der Waals surface area contributed by atoms with Gasteiger partial charge in [0.2, 0.25) is 4.96 Å². The molecule has 0 spiro atoms. The van der Waals surface area contributed by atoms with E-state index < -0.39 is 0 Å². The number of aromatic nitrogens is 3. The maximum atomic E-state index is 11.4. The quantitative estimate of drug-likeness (QED) is 0.692. The molecule has 0 aliphatic rings. The van der Waals surface area contributed by atoms with E-state index in [2.05, 4.69) is 10.1 Å². The van der Waals surface area contributed by atoms with E-state index >= 15 is 0 Å². The van der Waals surface area contributed by atoms with Crippen LogP contribution in [0.3, 0.4) is 0 Å². The van der Waals surface area contributed by atoms with Crippen LogP contribution in [-0.4, -0.2) is 27.5 Å². The third kappa shape index (κ3) is 1.98. The van der Waals surface area contributed by atoms with Crippen molar-refractivity contribution < 1.29 is 9.53 Å². The number of carbonyl (C=O) groups is 1. The lowest BCUT2D eigenvalue weighted by atomic mass is 10.1. The average Bonchev–Trinajstić information content (AvgIpc) is 2.95. The third-order valence-corrected chi connectivity index (χ3v) is 3.72. The van der Waals surface area contributed by atoms with Crippen molar-refractivity contribution in [2.24, 2.45) is 0 Å². The van der Waals surface area contributed by atoms with Crippen molar-refractivity contribution in [1.82, 2.24) is 14.6 Å². The van der Waals surface area contributed by atoms with Crippen LogP contribution in [0.2, 0.25) is 0 Å². The Labute approximate surface area is 119 Å². The van der Waals surface area contributed by atoms with Crippen molar-refractivity contribution in [3.63, 3.8) is 0 Å². The summed E-state index contributed by atoms with van der Waals surface area (Å²) >= 11 is 1.46. The number of imidazole rings is 1. The van der Waals surface area contributed by atoms with Crippen LogP contribution in [0.4, 0.5) is 0 Å². The Balaban J connectivity index is 2.24. The van der Waals surface area contributed by atoms with Crippen molar-refractivity contribution >= 4 is 22.6 Å². The lowest BCUT2D eigenvalue weighted by molar-refractivity contribution is 0.111. The van der Waals surface area contributed by atoms with Crippen LogP contribution in [0.1, 0.15) is 22.4 Å². The number of aryl methyl sites for hydroxylation is 1. The molecule has 3 rings (SSSR count). The summed E-state index contributed by atoms with van der Waals surface area (Å²) in [5, 5.41) is 5.18. The molecule has 0 saturated heterocycles. The summed E-state index contributed by atoms with van der Waals surface area (Å²) in [6.45, 7) is 4.38. The smallest absolute Gasteiger partial charge is 0.213 e. The van der Waals surface area contributed by atoms with Gasteiger partial charge < -0.3 is 4.74 Å². The highest BCUT2D eigenvalue weighted by atomic mass is 32.1. The minimum atomic E-state index is 0.455. The van der Waals surface area contributed by atoms with Gasteiger partial charge in [0.25, 0.3) is 0 Å². The Bertz CT molecular complexity index is 776. The van der Waals surface area contributed by atoms with E-state index in [1.54, 1.807) is 4.52 Å². The molecule has 2 heterocycles. The molecule has 6 heteroatoms. The lowest BCUT2D eigenvalue weighted by Crippen LogP contribution is -1.97. The highest BCUT2D eigenvalue weighted by molar-refractivity contribution is 7.16. The van der Waals surface area contributed by atoms with E-state index in [1.165, 1.54) is 11.3 Å². The van der Waals surface area contributed by atoms with Gasteiger partial charge in [0.15, 0.2) is 6.29 Å². The zero-order valence-electron chi connectivity index (χ0n) is 11.2. The van der Waals surface area contributed by atoms with E-state index in [4.69, 9.17) is 4.74 Å². The predicted molar refractivity (Wildman–Crippen MR) is 77.6 cm³/mol. The Hall–Kier alpha value is -2.21. The zero-order valence-corrected chi connectivity index (χ0v) is 12.0. The molecule has 0 aliphatic carbocycles. The molecule has 20 heavy (non-hydrogen) atoms. The summed E-state index contributed by atoms with van der Waals surface area (Å²) in [7, 11) is 0. The second-order valence-electron chi connectivity index (χ2n) is 4.21. The molecule has 102 valence electrons. The zero-order chi connectivity index (χ0) is 14.1. The second kappa shape index (κ2) is 5.05. The fourth-order valence-corrected chi connectivity index (χ4v) is 2.86. The SMILES string of the molecule is CCOc1ccccc1-c1nc2sc(C)nn2c1C=O. The van der Waals surface area contributed by atoms with Gasteiger partial charge in [-0.1, -0.05) is 23.5 Å². The molecule has 0 fully saturated rings. The number of para-hydroxylation sites is 1. The van der Waals surface area contributed by atoms with E-state index in [1.807, 2.05) is 38.1 Å². The second-order valence-corrected chi connectivity index (χ2v) is 5.37. The third-order valence-electron chi connectivity index (χ3n) is 2.89. The molecule has 2 aromatic heterocycles. The van der Waals surface area contributed by atoms with Gasteiger partial charge in [-0.15, -0.1) is 0 Å². The van der Waals surface area contributed by atoms with Crippen molar-refractivity contribution in [2.45, 2.75) is 13.8 Å². The highest BCUT2D eigenvalue weighted by Crippen LogP contribution is 2.32. The maximum Gasteiger partial charge on any atom is 0.213 e. The molecule has 0 saturated carbocycles. The number of hydrogen-bond donors (Lipinski definition) is 0. The molecule has 0 amide bonds. The normalized spacial score (nSPS) is 10.9. The average molecular weight is 287 g/mol. The van der Waals surface area contributed by atoms with Gasteiger partial charge in [0.05, 0.1) is 6.61 Å². The first kappa shape index (κ1) is 12.8. The Morgan fingerprint density at radius 1 is 1.40 bits per heavy atom. The van der Waals surface area contributed by atoms with Crippen LogP contribution in [0, 0.1) is 6.92 Å². The van der Waals surface area contributed by atoms with Crippen LogP contribution in [0.25, 0.3) is 16.2 Å².